The topological polar surface area (TPSA) is 29.1 Å². The van der Waals surface area contributed by atoms with E-state index in [0.717, 1.165) is 18.2 Å². The Kier molecular flexibility index (Phi) is 4.79. The Morgan fingerprint density at radius 2 is 1.82 bits per heavy atom. The summed E-state index contributed by atoms with van der Waals surface area (Å²) in [5.74, 6) is -3.26. The molecule has 1 aliphatic rings. The normalized spacial score (nSPS) is 19.0. The number of alkyl halides is 5. The molecular weight excluding hydrogens is 373 g/mol. The minimum Gasteiger partial charge on any atom is -0.349 e. The Bertz CT molecular complexity index is 563. The maximum atomic E-state index is 13.0. The van der Waals surface area contributed by atoms with E-state index in [9.17, 15) is 26.7 Å². The molecule has 0 atom stereocenters. The van der Waals surface area contributed by atoms with Gasteiger partial charge in [0.15, 0.2) is 0 Å². The molecule has 1 aromatic rings. The maximum Gasteiger partial charge on any atom is 0.417 e. The third-order valence-electron chi connectivity index (χ3n) is 3.59. The molecule has 0 heterocycles. The number of carbonyl (C=O) groups excluding carboxylic acids is 1. The Labute approximate surface area is 132 Å². The summed E-state index contributed by atoms with van der Waals surface area (Å²) in [6.45, 7) is 0. The molecule has 0 aliphatic heterocycles. The third-order valence-corrected chi connectivity index (χ3v) is 4.25. The summed E-state index contributed by atoms with van der Waals surface area (Å²) in [4.78, 5) is 12.0. The summed E-state index contributed by atoms with van der Waals surface area (Å²) in [6.07, 6.45) is -4.80. The van der Waals surface area contributed by atoms with E-state index in [1.54, 1.807) is 0 Å². The lowest BCUT2D eigenvalue weighted by Crippen LogP contribution is -2.40. The van der Waals surface area contributed by atoms with Crippen LogP contribution in [0, 0.1) is 0 Å². The molecule has 1 N–H and O–H groups in total. The molecule has 0 saturated heterocycles. The molecule has 122 valence electrons. The molecule has 0 bridgehead atoms. The van der Waals surface area contributed by atoms with Crippen LogP contribution >= 0.6 is 15.9 Å². The first-order valence-corrected chi connectivity index (χ1v) is 7.43. The van der Waals surface area contributed by atoms with Crippen LogP contribution in [0.15, 0.2) is 22.7 Å². The van der Waals surface area contributed by atoms with Crippen molar-refractivity contribution in [2.75, 3.05) is 0 Å². The van der Waals surface area contributed by atoms with E-state index >= 15 is 0 Å². The lowest BCUT2D eigenvalue weighted by molar-refractivity contribution is -0.138. The van der Waals surface area contributed by atoms with Crippen LogP contribution in [0.4, 0.5) is 22.0 Å². The van der Waals surface area contributed by atoms with Crippen molar-refractivity contribution < 1.29 is 26.7 Å². The highest BCUT2D eigenvalue weighted by atomic mass is 79.9. The molecule has 1 aliphatic carbocycles. The van der Waals surface area contributed by atoms with Gasteiger partial charge in [-0.15, -0.1) is 0 Å². The summed E-state index contributed by atoms with van der Waals surface area (Å²) in [5.41, 5.74) is -0.821. The van der Waals surface area contributed by atoms with Crippen molar-refractivity contribution in [3.8, 4) is 0 Å². The second-order valence-corrected chi connectivity index (χ2v) is 6.15. The van der Waals surface area contributed by atoms with Gasteiger partial charge in [0, 0.05) is 28.9 Å². The van der Waals surface area contributed by atoms with Crippen LogP contribution in [-0.4, -0.2) is 17.9 Å². The zero-order valence-electron chi connectivity index (χ0n) is 11.3. The van der Waals surface area contributed by atoms with Crippen LogP contribution in [0.5, 0.6) is 0 Å². The van der Waals surface area contributed by atoms with Gasteiger partial charge in [0.05, 0.1) is 5.56 Å². The van der Waals surface area contributed by atoms with Gasteiger partial charge in [0.2, 0.25) is 5.92 Å². The fourth-order valence-electron chi connectivity index (χ4n) is 2.34. The Morgan fingerprint density at radius 3 is 2.32 bits per heavy atom. The first kappa shape index (κ1) is 17.2. The van der Waals surface area contributed by atoms with Crippen LogP contribution in [0.1, 0.15) is 41.6 Å². The highest BCUT2D eigenvalue weighted by Crippen LogP contribution is 2.35. The Morgan fingerprint density at radius 1 is 1.23 bits per heavy atom. The zero-order chi connectivity index (χ0) is 16.5. The lowest BCUT2D eigenvalue weighted by Gasteiger charge is -2.28. The second kappa shape index (κ2) is 6.14. The fourth-order valence-corrected chi connectivity index (χ4v) is 2.94. The van der Waals surface area contributed by atoms with E-state index < -0.39 is 23.6 Å². The first-order chi connectivity index (χ1) is 10.1. The summed E-state index contributed by atoms with van der Waals surface area (Å²) in [5, 5.41) is 2.58. The highest BCUT2D eigenvalue weighted by Gasteiger charge is 2.36. The zero-order valence-corrected chi connectivity index (χ0v) is 12.9. The number of amides is 1. The molecule has 1 aromatic carbocycles. The average molecular weight is 386 g/mol. The molecule has 1 saturated carbocycles. The lowest BCUT2D eigenvalue weighted by atomic mass is 9.92. The molecule has 8 heteroatoms. The SMILES string of the molecule is O=C(NC1CCC(F)(F)CC1)c1ccc(C(F)(F)F)c(Br)c1. The van der Waals surface area contributed by atoms with Crippen molar-refractivity contribution in [1.82, 2.24) is 5.32 Å². The second-order valence-electron chi connectivity index (χ2n) is 5.30. The van der Waals surface area contributed by atoms with Gasteiger partial charge in [-0.05, 0) is 31.0 Å². The van der Waals surface area contributed by atoms with Crippen molar-refractivity contribution in [3.63, 3.8) is 0 Å². The van der Waals surface area contributed by atoms with Gasteiger partial charge in [-0.2, -0.15) is 13.2 Å². The molecule has 0 unspecified atom stereocenters. The number of benzene rings is 1. The predicted octanol–water partition coefficient (Wildman–Crippen LogP) is 4.78. The number of nitrogens with one attached hydrogen (secondary N) is 1. The van der Waals surface area contributed by atoms with E-state index in [4.69, 9.17) is 0 Å². The fraction of sp³-hybridized carbons (Fsp3) is 0.500. The smallest absolute Gasteiger partial charge is 0.349 e. The first-order valence-electron chi connectivity index (χ1n) is 6.64. The Balaban J connectivity index is 2.03. The number of hydrogen-bond acceptors (Lipinski definition) is 1. The molecule has 2 nitrogen and oxygen atoms in total. The van der Waals surface area contributed by atoms with Crippen LogP contribution < -0.4 is 5.32 Å². The highest BCUT2D eigenvalue weighted by molar-refractivity contribution is 9.10. The molecule has 1 fully saturated rings. The number of halogens is 6. The van der Waals surface area contributed by atoms with Crippen LogP contribution in [0.3, 0.4) is 0 Å². The van der Waals surface area contributed by atoms with Crippen molar-refractivity contribution in [2.45, 2.75) is 43.8 Å². The number of rotatable bonds is 2. The summed E-state index contributed by atoms with van der Waals surface area (Å²) in [7, 11) is 0. The predicted molar refractivity (Wildman–Crippen MR) is 73.8 cm³/mol. The van der Waals surface area contributed by atoms with Gasteiger partial charge >= 0.3 is 6.18 Å². The number of hydrogen-bond donors (Lipinski definition) is 1. The molecule has 0 aromatic heterocycles. The Hall–Kier alpha value is -1.18. The van der Waals surface area contributed by atoms with Crippen molar-refractivity contribution in [1.29, 1.82) is 0 Å². The summed E-state index contributed by atoms with van der Waals surface area (Å²) >= 11 is 2.79. The number of carbonyl (C=O) groups is 1. The van der Waals surface area contributed by atoms with Crippen LogP contribution in [0.2, 0.25) is 0 Å². The molecule has 1 amide bonds. The summed E-state index contributed by atoms with van der Waals surface area (Å²) < 4.78 is 63.7. The largest absolute Gasteiger partial charge is 0.417 e. The van der Waals surface area contributed by atoms with Gasteiger partial charge in [-0.25, -0.2) is 8.78 Å². The summed E-state index contributed by atoms with van der Waals surface area (Å²) in [6, 6.07) is 2.58. The van der Waals surface area contributed by atoms with E-state index in [1.165, 1.54) is 0 Å². The van der Waals surface area contributed by atoms with Crippen molar-refractivity contribution in [3.05, 3.63) is 33.8 Å². The van der Waals surface area contributed by atoms with Gasteiger partial charge in [0.25, 0.3) is 5.91 Å². The molecular formula is C14H13BrF5NO. The van der Waals surface area contributed by atoms with E-state index in [0.29, 0.717) is 0 Å². The quantitative estimate of drug-likeness (QED) is 0.729. The van der Waals surface area contributed by atoms with Crippen LogP contribution in [0.25, 0.3) is 0 Å². The molecule has 0 radical (unpaired) electrons. The molecule has 0 spiro atoms. The van der Waals surface area contributed by atoms with Gasteiger partial charge in [0.1, 0.15) is 0 Å². The van der Waals surface area contributed by atoms with Crippen molar-refractivity contribution in [2.24, 2.45) is 0 Å². The van der Waals surface area contributed by atoms with Gasteiger partial charge in [-0.1, -0.05) is 15.9 Å². The third kappa shape index (κ3) is 4.18. The molecule has 2 rings (SSSR count). The minimum atomic E-state index is -4.51. The van der Waals surface area contributed by atoms with Crippen LogP contribution in [-0.2, 0) is 6.18 Å². The monoisotopic (exact) mass is 385 g/mol. The minimum absolute atomic E-state index is 0.0530. The van der Waals surface area contributed by atoms with Crippen molar-refractivity contribution >= 4 is 21.8 Å². The van der Waals surface area contributed by atoms with E-state index in [1.807, 2.05) is 0 Å². The van der Waals surface area contributed by atoms with E-state index in [2.05, 4.69) is 21.2 Å². The van der Waals surface area contributed by atoms with Gasteiger partial charge < -0.3 is 5.32 Å². The molecule has 22 heavy (non-hydrogen) atoms. The van der Waals surface area contributed by atoms with E-state index in [-0.39, 0.29) is 41.8 Å². The maximum absolute atomic E-state index is 13.0. The average Bonchev–Trinajstić information content (AvgIpc) is 2.39. The standard InChI is InChI=1S/C14H13BrF5NO/c15-11-7-8(1-2-10(11)14(18,19)20)12(22)21-9-3-5-13(16,17)6-4-9/h1-2,7,9H,3-6H2,(H,21,22). The van der Waals surface area contributed by atoms with Gasteiger partial charge in [-0.3, -0.25) is 4.79 Å².